The molecule has 0 fully saturated rings. The fourth-order valence-electron chi connectivity index (χ4n) is 3.16. The topological polar surface area (TPSA) is 99.8 Å². The van der Waals surface area contributed by atoms with E-state index in [1.54, 1.807) is 0 Å². The number of fused-ring (bicyclic) bond motifs is 2. The monoisotopic (exact) mass is 335 g/mol. The minimum absolute atomic E-state index is 0.0689. The van der Waals surface area contributed by atoms with Gasteiger partial charge in [0, 0.05) is 12.6 Å². The first-order valence-corrected chi connectivity index (χ1v) is 8.15. The minimum atomic E-state index is -0.310. The van der Waals surface area contributed by atoms with E-state index in [-0.39, 0.29) is 23.2 Å². The molecule has 2 aromatic heterocycles. The summed E-state index contributed by atoms with van der Waals surface area (Å²) in [4.78, 5) is 34.9. The van der Waals surface area contributed by atoms with E-state index in [1.165, 1.54) is 29.7 Å². The Morgan fingerprint density at radius 1 is 1.28 bits per heavy atom. The van der Waals surface area contributed by atoms with Gasteiger partial charge in [-0.1, -0.05) is 24.3 Å². The van der Waals surface area contributed by atoms with Gasteiger partial charge in [-0.2, -0.15) is 0 Å². The number of amides is 1. The molecule has 0 saturated heterocycles. The summed E-state index contributed by atoms with van der Waals surface area (Å²) in [5.41, 5.74) is 2.89. The van der Waals surface area contributed by atoms with Crippen LogP contribution in [0.1, 0.15) is 27.7 Å². The molecule has 0 spiro atoms. The molecular formula is C18H17N5O2. The van der Waals surface area contributed by atoms with Gasteiger partial charge in [0.25, 0.3) is 11.5 Å². The lowest BCUT2D eigenvalue weighted by atomic mass is 9.94. The molecule has 4 rings (SSSR count). The van der Waals surface area contributed by atoms with Crippen LogP contribution in [-0.4, -0.2) is 33.9 Å². The summed E-state index contributed by atoms with van der Waals surface area (Å²) in [5, 5.41) is 6.67. The fourth-order valence-corrected chi connectivity index (χ4v) is 3.16. The van der Waals surface area contributed by atoms with Crippen molar-refractivity contribution in [1.29, 1.82) is 0 Å². The zero-order valence-corrected chi connectivity index (χ0v) is 13.5. The van der Waals surface area contributed by atoms with E-state index in [1.807, 2.05) is 12.1 Å². The van der Waals surface area contributed by atoms with Crippen molar-refractivity contribution in [3.8, 4) is 0 Å². The first-order chi connectivity index (χ1) is 12.2. The molecular weight excluding hydrogens is 318 g/mol. The number of hydrogen-bond acceptors (Lipinski definition) is 5. The van der Waals surface area contributed by atoms with Gasteiger partial charge in [0.15, 0.2) is 0 Å². The molecule has 1 atom stereocenters. The van der Waals surface area contributed by atoms with Gasteiger partial charge in [-0.05, 0) is 30.2 Å². The van der Waals surface area contributed by atoms with Crippen LogP contribution in [-0.2, 0) is 6.42 Å². The molecule has 1 aliphatic rings. The Bertz CT molecular complexity index is 998. The Hall–Kier alpha value is -3.06. The number of nitrogens with zero attached hydrogens (tertiary/aromatic N) is 2. The Labute approximate surface area is 143 Å². The molecule has 7 heteroatoms. The third kappa shape index (κ3) is 3.01. The molecule has 3 N–H and O–H groups in total. The second kappa shape index (κ2) is 6.45. The third-order valence-electron chi connectivity index (χ3n) is 4.44. The highest BCUT2D eigenvalue weighted by molar-refractivity contribution is 5.95. The van der Waals surface area contributed by atoms with E-state index in [9.17, 15) is 9.59 Å². The van der Waals surface area contributed by atoms with Crippen LogP contribution in [0.3, 0.4) is 0 Å². The average molecular weight is 335 g/mol. The second-order valence-corrected chi connectivity index (χ2v) is 5.98. The number of pyridine rings is 1. The molecule has 0 radical (unpaired) electrons. The Balaban J connectivity index is 1.52. The van der Waals surface area contributed by atoms with Crippen molar-refractivity contribution in [2.24, 2.45) is 0 Å². The van der Waals surface area contributed by atoms with Gasteiger partial charge in [0.1, 0.15) is 5.69 Å². The largest absolute Gasteiger partial charge is 0.349 e. The number of benzene rings is 1. The van der Waals surface area contributed by atoms with Gasteiger partial charge in [-0.25, -0.2) is 9.97 Å². The summed E-state index contributed by atoms with van der Waals surface area (Å²) in [7, 11) is 0. The number of carbonyl (C=O) groups excluding carboxylic acids is 1. The molecule has 1 amide bonds. The van der Waals surface area contributed by atoms with Crippen LogP contribution in [0.5, 0.6) is 0 Å². The molecule has 0 bridgehead atoms. The van der Waals surface area contributed by atoms with E-state index in [0.29, 0.717) is 17.4 Å². The van der Waals surface area contributed by atoms with Gasteiger partial charge in [-0.15, -0.1) is 0 Å². The highest BCUT2D eigenvalue weighted by Crippen LogP contribution is 2.21. The van der Waals surface area contributed by atoms with Gasteiger partial charge in [0.2, 0.25) is 0 Å². The summed E-state index contributed by atoms with van der Waals surface area (Å²) in [5.74, 6) is -0.310. The summed E-state index contributed by atoms with van der Waals surface area (Å²) in [6, 6.07) is 9.78. The van der Waals surface area contributed by atoms with Crippen molar-refractivity contribution in [2.45, 2.75) is 12.5 Å². The SMILES string of the molecule is O=C(NCC1NCCc2ccccc21)c1cc2c(=O)[nH]cnc2cn1. The smallest absolute Gasteiger partial charge is 0.269 e. The summed E-state index contributed by atoms with van der Waals surface area (Å²) < 4.78 is 0. The molecule has 1 unspecified atom stereocenters. The number of H-pyrrole nitrogens is 1. The van der Waals surface area contributed by atoms with Crippen LogP contribution in [0.15, 0.2) is 47.7 Å². The minimum Gasteiger partial charge on any atom is -0.349 e. The molecule has 3 heterocycles. The predicted molar refractivity (Wildman–Crippen MR) is 93.4 cm³/mol. The van der Waals surface area contributed by atoms with Crippen LogP contribution >= 0.6 is 0 Å². The standard InChI is InChI=1S/C18H17N5O2/c24-17-13-7-14(20-8-16(13)22-10-23-17)18(25)21-9-15-12-4-2-1-3-11(12)5-6-19-15/h1-4,7-8,10,15,19H,5-6,9H2,(H,21,25)(H,22,23,24). The molecule has 0 saturated carbocycles. The third-order valence-corrected chi connectivity index (χ3v) is 4.44. The van der Waals surface area contributed by atoms with Crippen molar-refractivity contribution >= 4 is 16.8 Å². The van der Waals surface area contributed by atoms with Crippen LogP contribution in [0, 0.1) is 0 Å². The number of aromatic amines is 1. The quantitative estimate of drug-likeness (QED) is 0.661. The number of hydrogen-bond donors (Lipinski definition) is 3. The molecule has 3 aromatic rings. The van der Waals surface area contributed by atoms with Crippen LogP contribution < -0.4 is 16.2 Å². The zero-order valence-electron chi connectivity index (χ0n) is 13.5. The lowest BCUT2D eigenvalue weighted by Crippen LogP contribution is -2.39. The number of nitrogens with one attached hydrogen (secondary N) is 3. The number of carbonyl (C=O) groups is 1. The summed E-state index contributed by atoms with van der Waals surface area (Å²) in [6.45, 7) is 1.34. The van der Waals surface area contributed by atoms with Crippen molar-refractivity contribution in [2.75, 3.05) is 13.1 Å². The van der Waals surface area contributed by atoms with Gasteiger partial charge < -0.3 is 15.6 Å². The maximum atomic E-state index is 12.4. The van der Waals surface area contributed by atoms with E-state index >= 15 is 0 Å². The number of rotatable bonds is 3. The van der Waals surface area contributed by atoms with Gasteiger partial charge >= 0.3 is 0 Å². The van der Waals surface area contributed by atoms with Gasteiger partial charge in [0.05, 0.1) is 23.4 Å². The van der Waals surface area contributed by atoms with Crippen molar-refractivity contribution < 1.29 is 4.79 Å². The van der Waals surface area contributed by atoms with Crippen molar-refractivity contribution in [3.63, 3.8) is 0 Å². The predicted octanol–water partition coefficient (Wildman–Crippen LogP) is 0.935. The van der Waals surface area contributed by atoms with Crippen LogP contribution in [0.4, 0.5) is 0 Å². The zero-order chi connectivity index (χ0) is 17.2. The van der Waals surface area contributed by atoms with E-state index in [4.69, 9.17) is 0 Å². The Morgan fingerprint density at radius 3 is 3.08 bits per heavy atom. The lowest BCUT2D eigenvalue weighted by Gasteiger charge is -2.27. The van der Waals surface area contributed by atoms with Crippen molar-refractivity contribution in [3.05, 3.63) is 70.0 Å². The Kier molecular flexibility index (Phi) is 3.99. The first-order valence-electron chi connectivity index (χ1n) is 8.15. The van der Waals surface area contributed by atoms with Crippen LogP contribution in [0.2, 0.25) is 0 Å². The van der Waals surface area contributed by atoms with E-state index in [2.05, 4.69) is 37.7 Å². The average Bonchev–Trinajstić information content (AvgIpc) is 2.66. The highest BCUT2D eigenvalue weighted by atomic mass is 16.2. The first kappa shape index (κ1) is 15.5. The molecule has 7 nitrogen and oxygen atoms in total. The molecule has 0 aliphatic carbocycles. The van der Waals surface area contributed by atoms with Crippen molar-refractivity contribution in [1.82, 2.24) is 25.6 Å². The highest BCUT2D eigenvalue weighted by Gasteiger charge is 2.20. The summed E-state index contributed by atoms with van der Waals surface area (Å²) >= 11 is 0. The molecule has 126 valence electrons. The summed E-state index contributed by atoms with van der Waals surface area (Å²) in [6.07, 6.45) is 3.74. The second-order valence-electron chi connectivity index (χ2n) is 5.98. The normalized spacial score (nSPS) is 16.4. The molecule has 25 heavy (non-hydrogen) atoms. The molecule has 1 aromatic carbocycles. The van der Waals surface area contributed by atoms with Crippen LogP contribution in [0.25, 0.3) is 10.9 Å². The maximum Gasteiger partial charge on any atom is 0.269 e. The van der Waals surface area contributed by atoms with E-state index in [0.717, 1.165) is 13.0 Å². The van der Waals surface area contributed by atoms with Gasteiger partial charge in [-0.3, -0.25) is 9.59 Å². The lowest BCUT2D eigenvalue weighted by molar-refractivity contribution is 0.0944. The number of aromatic nitrogens is 3. The Morgan fingerprint density at radius 2 is 2.16 bits per heavy atom. The van der Waals surface area contributed by atoms with E-state index < -0.39 is 0 Å². The maximum absolute atomic E-state index is 12.4. The molecule has 1 aliphatic heterocycles. The fraction of sp³-hybridized carbons (Fsp3) is 0.222.